The van der Waals surface area contributed by atoms with E-state index in [1.165, 1.54) is 25.1 Å². The largest absolute Gasteiger partial charge is 0.324 e. The number of benzene rings is 2. The summed E-state index contributed by atoms with van der Waals surface area (Å²) in [6, 6.07) is 9.85. The maximum Gasteiger partial charge on any atom is 0.244 e. The van der Waals surface area contributed by atoms with Crippen LogP contribution in [0.25, 0.3) is 0 Å². The minimum atomic E-state index is -0.539. The number of hydrogen-bond acceptors (Lipinski definition) is 2. The summed E-state index contributed by atoms with van der Waals surface area (Å²) in [5, 5.41) is 2.83. The number of para-hydroxylation sites is 1. The Kier molecular flexibility index (Phi) is 5.34. The Balaban J connectivity index is 2.21. The standard InChI is InChI=1S/C19H21FN2O2/c1-12-9-13(2)19(14(3)10-12)21-18(24)11-22(15(4)23)17-8-6-5-7-16(17)20/h5-10H,11H2,1-4H3,(H,21,24). The van der Waals surface area contributed by atoms with Crippen LogP contribution < -0.4 is 10.2 Å². The highest BCUT2D eigenvalue weighted by Gasteiger charge is 2.19. The van der Waals surface area contributed by atoms with Crippen molar-refractivity contribution >= 4 is 23.2 Å². The fraction of sp³-hybridized carbons (Fsp3) is 0.263. The van der Waals surface area contributed by atoms with Gasteiger partial charge in [0.2, 0.25) is 11.8 Å². The van der Waals surface area contributed by atoms with E-state index in [9.17, 15) is 14.0 Å². The van der Waals surface area contributed by atoms with Gasteiger partial charge in [0.1, 0.15) is 12.4 Å². The van der Waals surface area contributed by atoms with E-state index >= 15 is 0 Å². The van der Waals surface area contributed by atoms with Crippen molar-refractivity contribution in [3.05, 3.63) is 58.9 Å². The van der Waals surface area contributed by atoms with Gasteiger partial charge in [-0.25, -0.2) is 4.39 Å². The molecule has 126 valence electrons. The number of halogens is 1. The predicted octanol–water partition coefficient (Wildman–Crippen LogP) is 3.74. The topological polar surface area (TPSA) is 49.4 Å². The van der Waals surface area contributed by atoms with E-state index < -0.39 is 11.7 Å². The van der Waals surface area contributed by atoms with Crippen LogP contribution in [0.5, 0.6) is 0 Å². The van der Waals surface area contributed by atoms with Crippen LogP contribution in [0, 0.1) is 26.6 Å². The number of nitrogens with one attached hydrogen (secondary N) is 1. The maximum absolute atomic E-state index is 13.9. The van der Waals surface area contributed by atoms with Crippen molar-refractivity contribution in [3.63, 3.8) is 0 Å². The normalized spacial score (nSPS) is 10.4. The zero-order valence-corrected chi connectivity index (χ0v) is 14.3. The molecule has 0 atom stereocenters. The molecule has 2 aromatic rings. The molecule has 2 aromatic carbocycles. The lowest BCUT2D eigenvalue weighted by Crippen LogP contribution is -2.37. The summed E-state index contributed by atoms with van der Waals surface area (Å²) >= 11 is 0. The van der Waals surface area contributed by atoms with Gasteiger partial charge in [-0.2, -0.15) is 0 Å². The molecule has 5 heteroatoms. The number of amides is 2. The Morgan fingerprint density at radius 1 is 1.08 bits per heavy atom. The molecule has 1 N–H and O–H groups in total. The second-order valence-electron chi connectivity index (χ2n) is 5.88. The zero-order chi connectivity index (χ0) is 17.9. The molecule has 2 rings (SSSR count). The third-order valence-electron chi connectivity index (χ3n) is 3.77. The van der Waals surface area contributed by atoms with Crippen LogP contribution in [0.1, 0.15) is 23.6 Å². The molecule has 2 amide bonds. The molecule has 0 radical (unpaired) electrons. The molecule has 24 heavy (non-hydrogen) atoms. The first kappa shape index (κ1) is 17.7. The molecule has 0 bridgehead atoms. The summed E-state index contributed by atoms with van der Waals surface area (Å²) in [5.74, 6) is -1.31. The van der Waals surface area contributed by atoms with Gasteiger partial charge in [-0.1, -0.05) is 29.8 Å². The van der Waals surface area contributed by atoms with Gasteiger partial charge in [-0.05, 0) is 44.0 Å². The molecule has 0 saturated heterocycles. The van der Waals surface area contributed by atoms with Crippen LogP contribution >= 0.6 is 0 Å². The highest BCUT2D eigenvalue weighted by atomic mass is 19.1. The van der Waals surface area contributed by atoms with E-state index in [4.69, 9.17) is 0 Å². The molecule has 0 fully saturated rings. The SMILES string of the molecule is CC(=O)N(CC(=O)Nc1c(C)cc(C)cc1C)c1ccccc1F. The van der Waals surface area contributed by atoms with Crippen LogP contribution in [0.2, 0.25) is 0 Å². The number of carbonyl (C=O) groups excluding carboxylic acids is 2. The van der Waals surface area contributed by atoms with Gasteiger partial charge in [0.25, 0.3) is 0 Å². The number of aryl methyl sites for hydroxylation is 3. The van der Waals surface area contributed by atoms with Gasteiger partial charge in [-0.3, -0.25) is 9.59 Å². The Morgan fingerprint density at radius 2 is 1.67 bits per heavy atom. The number of carbonyl (C=O) groups is 2. The lowest BCUT2D eigenvalue weighted by atomic mass is 10.1. The predicted molar refractivity (Wildman–Crippen MR) is 93.7 cm³/mol. The third kappa shape index (κ3) is 3.98. The molecular formula is C19H21FN2O2. The molecule has 0 spiro atoms. The monoisotopic (exact) mass is 328 g/mol. The van der Waals surface area contributed by atoms with Crippen molar-refractivity contribution < 1.29 is 14.0 Å². The molecule has 0 aliphatic carbocycles. The van der Waals surface area contributed by atoms with E-state index in [1.807, 2.05) is 32.9 Å². The molecular weight excluding hydrogens is 307 g/mol. The van der Waals surface area contributed by atoms with E-state index in [2.05, 4.69) is 5.32 Å². The summed E-state index contributed by atoms with van der Waals surface area (Å²) in [5.41, 5.74) is 3.82. The van der Waals surface area contributed by atoms with Crippen LogP contribution in [0.4, 0.5) is 15.8 Å². The number of anilines is 2. The van der Waals surface area contributed by atoms with Crippen molar-refractivity contribution in [1.82, 2.24) is 0 Å². The van der Waals surface area contributed by atoms with E-state index in [-0.39, 0.29) is 18.1 Å². The number of hydrogen-bond donors (Lipinski definition) is 1. The van der Waals surface area contributed by atoms with Crippen molar-refractivity contribution in [2.24, 2.45) is 0 Å². The lowest BCUT2D eigenvalue weighted by molar-refractivity contribution is -0.120. The van der Waals surface area contributed by atoms with Gasteiger partial charge in [-0.15, -0.1) is 0 Å². The van der Waals surface area contributed by atoms with Gasteiger partial charge in [0.15, 0.2) is 0 Å². The average Bonchev–Trinajstić information content (AvgIpc) is 2.49. The summed E-state index contributed by atoms with van der Waals surface area (Å²) < 4.78 is 13.9. The molecule has 4 nitrogen and oxygen atoms in total. The molecule has 0 aliphatic heterocycles. The quantitative estimate of drug-likeness (QED) is 0.929. The van der Waals surface area contributed by atoms with Gasteiger partial charge < -0.3 is 10.2 Å². The number of rotatable bonds is 4. The minimum absolute atomic E-state index is 0.0949. The first-order valence-corrected chi connectivity index (χ1v) is 7.70. The number of nitrogens with zero attached hydrogens (tertiary/aromatic N) is 1. The Bertz CT molecular complexity index is 764. The van der Waals surface area contributed by atoms with Gasteiger partial charge in [0.05, 0.1) is 5.69 Å². The fourth-order valence-corrected chi connectivity index (χ4v) is 2.74. The average molecular weight is 328 g/mol. The second-order valence-corrected chi connectivity index (χ2v) is 5.88. The van der Waals surface area contributed by atoms with Gasteiger partial charge >= 0.3 is 0 Å². The highest BCUT2D eigenvalue weighted by molar-refractivity contribution is 6.02. The van der Waals surface area contributed by atoms with E-state index in [0.717, 1.165) is 27.3 Å². The molecule has 0 aliphatic rings. The third-order valence-corrected chi connectivity index (χ3v) is 3.77. The Morgan fingerprint density at radius 3 is 2.21 bits per heavy atom. The molecule has 0 aromatic heterocycles. The highest BCUT2D eigenvalue weighted by Crippen LogP contribution is 2.23. The van der Waals surface area contributed by atoms with E-state index in [1.54, 1.807) is 6.07 Å². The second kappa shape index (κ2) is 7.25. The molecule has 0 heterocycles. The lowest BCUT2D eigenvalue weighted by Gasteiger charge is -2.22. The molecule has 0 saturated carbocycles. The molecule has 0 unspecified atom stereocenters. The smallest absolute Gasteiger partial charge is 0.244 e. The summed E-state index contributed by atoms with van der Waals surface area (Å²) in [6.07, 6.45) is 0. The van der Waals surface area contributed by atoms with Crippen LogP contribution in [0.3, 0.4) is 0 Å². The van der Waals surface area contributed by atoms with E-state index in [0.29, 0.717) is 0 Å². The minimum Gasteiger partial charge on any atom is -0.324 e. The fourth-order valence-electron chi connectivity index (χ4n) is 2.74. The first-order chi connectivity index (χ1) is 11.3. The first-order valence-electron chi connectivity index (χ1n) is 7.70. The van der Waals surface area contributed by atoms with Crippen LogP contribution in [-0.2, 0) is 9.59 Å². The van der Waals surface area contributed by atoms with Crippen molar-refractivity contribution in [1.29, 1.82) is 0 Å². The summed E-state index contributed by atoms with van der Waals surface area (Å²) in [7, 11) is 0. The van der Waals surface area contributed by atoms with Crippen molar-refractivity contribution in [2.75, 3.05) is 16.8 Å². The maximum atomic E-state index is 13.9. The van der Waals surface area contributed by atoms with Crippen molar-refractivity contribution in [2.45, 2.75) is 27.7 Å². The van der Waals surface area contributed by atoms with Crippen LogP contribution in [0.15, 0.2) is 36.4 Å². The Hall–Kier alpha value is -2.69. The summed E-state index contributed by atoms with van der Waals surface area (Å²) in [6.45, 7) is 6.87. The zero-order valence-electron chi connectivity index (χ0n) is 14.3. The van der Waals surface area contributed by atoms with Gasteiger partial charge in [0, 0.05) is 12.6 Å². The van der Waals surface area contributed by atoms with Crippen LogP contribution in [-0.4, -0.2) is 18.4 Å². The summed E-state index contributed by atoms with van der Waals surface area (Å²) in [4.78, 5) is 25.3. The van der Waals surface area contributed by atoms with Crippen molar-refractivity contribution in [3.8, 4) is 0 Å². The Labute approximate surface area is 141 Å².